The first-order valence-corrected chi connectivity index (χ1v) is 10.5. The van der Waals surface area contributed by atoms with Gasteiger partial charge in [-0.25, -0.2) is 9.97 Å². The molecule has 9 nitrogen and oxygen atoms in total. The zero-order chi connectivity index (χ0) is 23.2. The number of hydrogen-bond donors (Lipinski definition) is 1. The number of phenolic OH excluding ortho intramolecular Hbond substituents is 1. The first-order chi connectivity index (χ1) is 16.6. The monoisotopic (exact) mass is 455 g/mol. The third kappa shape index (κ3) is 3.09. The molecule has 0 bridgehead atoms. The van der Waals surface area contributed by atoms with E-state index in [2.05, 4.69) is 9.97 Å². The highest BCUT2D eigenvalue weighted by Gasteiger charge is 2.43. The molecule has 6 rings (SSSR count). The van der Waals surface area contributed by atoms with Gasteiger partial charge in [0.15, 0.2) is 23.0 Å². The summed E-state index contributed by atoms with van der Waals surface area (Å²) in [5, 5.41) is 10.9. The number of hydrogen-bond acceptors (Lipinski definition) is 8. The van der Waals surface area contributed by atoms with Crippen LogP contribution in [0.25, 0.3) is 11.0 Å². The molecule has 34 heavy (non-hydrogen) atoms. The van der Waals surface area contributed by atoms with Crippen LogP contribution in [0.1, 0.15) is 31.8 Å². The first-order valence-electron chi connectivity index (χ1n) is 10.5. The summed E-state index contributed by atoms with van der Waals surface area (Å²) in [7, 11) is 0. The molecule has 0 fully saturated rings. The normalized spacial score (nSPS) is 14.1. The Morgan fingerprint density at radius 1 is 0.882 bits per heavy atom. The van der Waals surface area contributed by atoms with E-state index in [9.17, 15) is 14.7 Å². The maximum Gasteiger partial charge on any atom is 0.265 e. The Balaban J connectivity index is 1.42. The van der Waals surface area contributed by atoms with Crippen molar-refractivity contribution in [2.45, 2.75) is 13.2 Å². The van der Waals surface area contributed by atoms with Gasteiger partial charge in [-0.05, 0) is 23.3 Å². The molecular formula is C25H17N3O6. The minimum Gasteiger partial charge on any atom is -0.505 e. The fraction of sp³-hybridized carbons (Fsp3) is 0.120. The molecule has 0 atom stereocenters. The molecule has 9 heteroatoms. The quantitative estimate of drug-likeness (QED) is 0.456. The van der Waals surface area contributed by atoms with Crippen LogP contribution in [0.15, 0.2) is 60.9 Å². The van der Waals surface area contributed by atoms with Gasteiger partial charge in [0.25, 0.3) is 11.8 Å². The predicted octanol–water partition coefficient (Wildman–Crippen LogP) is 3.44. The Kier molecular flexibility index (Phi) is 4.54. The van der Waals surface area contributed by atoms with E-state index in [1.807, 2.05) is 30.3 Å². The summed E-state index contributed by atoms with van der Waals surface area (Å²) in [6.07, 6.45) is 2.84. The number of rotatable bonds is 5. The second kappa shape index (κ2) is 7.73. The van der Waals surface area contributed by atoms with Crippen LogP contribution in [-0.2, 0) is 13.2 Å². The fourth-order valence-electron chi connectivity index (χ4n) is 4.16. The molecule has 2 amide bonds. The van der Waals surface area contributed by atoms with Crippen molar-refractivity contribution >= 4 is 22.8 Å². The van der Waals surface area contributed by atoms with Crippen molar-refractivity contribution in [3.63, 3.8) is 0 Å². The van der Waals surface area contributed by atoms with Gasteiger partial charge in [-0.1, -0.05) is 36.4 Å². The third-order valence-corrected chi connectivity index (χ3v) is 5.77. The highest BCUT2D eigenvalue weighted by Crippen LogP contribution is 2.43. The molecule has 0 aliphatic carbocycles. The van der Waals surface area contributed by atoms with Crippen molar-refractivity contribution < 1.29 is 28.9 Å². The Morgan fingerprint density at radius 3 is 2.44 bits per heavy atom. The number of carbonyl (C=O) groups excluding carboxylic acids is 2. The average molecular weight is 455 g/mol. The van der Waals surface area contributed by atoms with Crippen LogP contribution in [0.3, 0.4) is 0 Å². The lowest BCUT2D eigenvalue weighted by atomic mass is 10.0. The zero-order valence-electron chi connectivity index (χ0n) is 17.7. The zero-order valence-corrected chi connectivity index (χ0v) is 17.7. The van der Waals surface area contributed by atoms with Crippen molar-refractivity contribution in [2.75, 3.05) is 6.79 Å². The number of amides is 2. The van der Waals surface area contributed by atoms with Crippen molar-refractivity contribution in [2.24, 2.45) is 0 Å². The smallest absolute Gasteiger partial charge is 0.265 e. The molecule has 0 saturated heterocycles. The average Bonchev–Trinajstić information content (AvgIpc) is 3.43. The van der Waals surface area contributed by atoms with Gasteiger partial charge in [0.1, 0.15) is 28.8 Å². The maximum atomic E-state index is 13.5. The van der Waals surface area contributed by atoms with Crippen molar-refractivity contribution in [1.29, 1.82) is 0 Å². The van der Waals surface area contributed by atoms with E-state index in [0.717, 1.165) is 10.5 Å². The number of carbonyl (C=O) groups is 2. The Bertz CT molecular complexity index is 1470. The number of aromatic nitrogens is 2. The summed E-state index contributed by atoms with van der Waals surface area (Å²) in [6, 6.07) is 14.6. The molecule has 0 saturated carbocycles. The Morgan fingerprint density at radius 2 is 1.62 bits per heavy atom. The molecule has 3 heterocycles. The third-order valence-electron chi connectivity index (χ3n) is 5.77. The fourth-order valence-corrected chi connectivity index (χ4v) is 4.16. The molecular weight excluding hydrogens is 438 g/mol. The van der Waals surface area contributed by atoms with Crippen molar-refractivity contribution in [1.82, 2.24) is 14.9 Å². The predicted molar refractivity (Wildman–Crippen MR) is 119 cm³/mol. The van der Waals surface area contributed by atoms with Crippen LogP contribution in [0.5, 0.6) is 23.0 Å². The van der Waals surface area contributed by atoms with E-state index in [-0.39, 0.29) is 47.9 Å². The number of benzene rings is 3. The topological polar surface area (TPSA) is 111 Å². The first kappa shape index (κ1) is 20.0. The van der Waals surface area contributed by atoms with E-state index >= 15 is 0 Å². The van der Waals surface area contributed by atoms with Gasteiger partial charge in [-0.15, -0.1) is 0 Å². The van der Waals surface area contributed by atoms with Gasteiger partial charge < -0.3 is 19.3 Å². The lowest BCUT2D eigenvalue weighted by Gasteiger charge is -2.14. The lowest BCUT2D eigenvalue weighted by molar-refractivity contribution is 0.0640. The van der Waals surface area contributed by atoms with Gasteiger partial charge >= 0.3 is 0 Å². The lowest BCUT2D eigenvalue weighted by Crippen LogP contribution is -2.29. The van der Waals surface area contributed by atoms with E-state index in [4.69, 9.17) is 14.2 Å². The molecule has 2 aliphatic heterocycles. The molecule has 0 spiro atoms. The molecule has 2 aliphatic rings. The van der Waals surface area contributed by atoms with E-state index < -0.39 is 17.6 Å². The minimum absolute atomic E-state index is 0.0161. The van der Waals surface area contributed by atoms with Crippen LogP contribution >= 0.6 is 0 Å². The summed E-state index contributed by atoms with van der Waals surface area (Å²) >= 11 is 0. The van der Waals surface area contributed by atoms with Crippen LogP contribution in [0.4, 0.5) is 0 Å². The minimum atomic E-state index is -0.632. The highest BCUT2D eigenvalue weighted by atomic mass is 16.7. The Hall–Kier alpha value is -4.66. The van der Waals surface area contributed by atoms with Gasteiger partial charge in [0.05, 0.1) is 6.54 Å². The maximum absolute atomic E-state index is 13.5. The molecule has 1 aromatic heterocycles. The van der Waals surface area contributed by atoms with Crippen molar-refractivity contribution in [3.8, 4) is 23.0 Å². The van der Waals surface area contributed by atoms with E-state index in [0.29, 0.717) is 17.1 Å². The summed E-state index contributed by atoms with van der Waals surface area (Å²) < 4.78 is 16.7. The van der Waals surface area contributed by atoms with Crippen LogP contribution < -0.4 is 14.2 Å². The molecule has 3 aromatic carbocycles. The number of nitrogens with zero attached hydrogens (tertiary/aromatic N) is 3. The second-order valence-electron chi connectivity index (χ2n) is 7.84. The largest absolute Gasteiger partial charge is 0.505 e. The molecule has 0 unspecified atom stereocenters. The van der Waals surface area contributed by atoms with Gasteiger partial charge in [-0.3, -0.25) is 14.5 Å². The SMILES string of the molecule is O=C1c2c(c(OCc3ccccc3)c3nccnc3c2O)C(=O)N1Cc1ccc2c(c1)OCO2. The number of fused-ring (bicyclic) bond motifs is 3. The number of aromatic hydroxyl groups is 1. The molecule has 0 radical (unpaired) electrons. The second-order valence-corrected chi connectivity index (χ2v) is 7.84. The van der Waals surface area contributed by atoms with Gasteiger partial charge in [0.2, 0.25) is 6.79 Å². The standard InChI is InChI=1S/C25H17N3O6/c29-22-18-19(23(21-20(22)26-8-9-27-21)32-12-14-4-2-1-3-5-14)25(31)28(24(18)30)11-15-6-7-16-17(10-15)34-13-33-16/h1-10,29H,11-13H2. The number of phenols is 1. The van der Waals surface area contributed by atoms with Crippen LogP contribution in [0, 0.1) is 0 Å². The van der Waals surface area contributed by atoms with Crippen LogP contribution in [0.2, 0.25) is 0 Å². The summed E-state index contributed by atoms with van der Waals surface area (Å²) in [6.45, 7) is 0.249. The van der Waals surface area contributed by atoms with Crippen LogP contribution in [-0.4, -0.2) is 38.6 Å². The summed E-state index contributed by atoms with van der Waals surface area (Å²) in [4.78, 5) is 36.3. The van der Waals surface area contributed by atoms with Gasteiger partial charge in [-0.2, -0.15) is 0 Å². The number of ether oxygens (including phenoxy) is 3. The molecule has 4 aromatic rings. The van der Waals surface area contributed by atoms with Crippen molar-refractivity contribution in [3.05, 3.63) is 83.2 Å². The van der Waals surface area contributed by atoms with Gasteiger partial charge in [0, 0.05) is 12.4 Å². The van der Waals surface area contributed by atoms with E-state index in [1.165, 1.54) is 12.4 Å². The summed E-state index contributed by atoms with van der Waals surface area (Å²) in [5.41, 5.74) is 1.69. The molecule has 168 valence electrons. The highest BCUT2D eigenvalue weighted by molar-refractivity contribution is 6.26. The Labute approximate surface area is 193 Å². The van der Waals surface area contributed by atoms with E-state index in [1.54, 1.807) is 18.2 Å². The molecule has 1 N–H and O–H groups in total. The summed E-state index contributed by atoms with van der Waals surface area (Å²) in [5.74, 6) is -0.342. The number of imide groups is 1.